The van der Waals surface area contributed by atoms with Gasteiger partial charge in [-0.1, -0.05) is 11.6 Å². The Hall–Kier alpha value is -1.37. The van der Waals surface area contributed by atoms with Crippen LogP contribution in [0, 0.1) is 17.2 Å². The molecule has 2 fully saturated rings. The van der Waals surface area contributed by atoms with Gasteiger partial charge in [0.25, 0.3) is 0 Å². The summed E-state index contributed by atoms with van der Waals surface area (Å²) in [7, 11) is 0. The predicted molar refractivity (Wildman–Crippen MR) is 77.7 cm³/mol. The number of rotatable bonds is 5. The smallest absolute Gasteiger partial charge is 0.313 e. The van der Waals surface area contributed by atoms with E-state index in [-0.39, 0.29) is 17.5 Å². The summed E-state index contributed by atoms with van der Waals surface area (Å²) < 4.78 is 23.9. The van der Waals surface area contributed by atoms with Gasteiger partial charge in [-0.3, -0.25) is 9.69 Å². The quantitative estimate of drug-likeness (QED) is 0.894. The average Bonchev–Trinajstić information content (AvgIpc) is 3.00. The van der Waals surface area contributed by atoms with Crippen molar-refractivity contribution in [3.8, 4) is 5.75 Å². The molecule has 0 saturated carbocycles. The highest BCUT2D eigenvalue weighted by Gasteiger charge is 2.55. The lowest BCUT2D eigenvalue weighted by atomic mass is 9.81. The molecule has 0 radical (unpaired) electrons. The van der Waals surface area contributed by atoms with E-state index in [1.807, 2.05) is 0 Å². The Morgan fingerprint density at radius 2 is 2.41 bits per heavy atom. The molecule has 0 spiro atoms. The highest BCUT2D eigenvalue weighted by atomic mass is 35.5. The summed E-state index contributed by atoms with van der Waals surface area (Å²) in [5, 5.41) is 9.49. The second-order valence-corrected chi connectivity index (χ2v) is 6.24. The standard InChI is InChI=1S/C15H17ClFNO4/c16-12-5-11(1-2-13(12)17)22-4-3-18-6-10-7-21-9-15(10,8-18)14(19)20/h1-2,5,10H,3-4,6-9H2,(H,19,20)/t10-,15-/m1/s1. The molecule has 2 aliphatic rings. The lowest BCUT2D eigenvalue weighted by Gasteiger charge is -2.22. The topological polar surface area (TPSA) is 59.0 Å². The maximum absolute atomic E-state index is 13.1. The van der Waals surface area contributed by atoms with Crippen molar-refractivity contribution in [2.75, 3.05) is 39.5 Å². The number of carboxylic acid groups (broad SMARTS) is 1. The molecule has 1 N–H and O–H groups in total. The zero-order chi connectivity index (χ0) is 15.7. The zero-order valence-electron chi connectivity index (χ0n) is 11.9. The molecule has 22 heavy (non-hydrogen) atoms. The van der Waals surface area contributed by atoms with E-state index in [1.54, 1.807) is 0 Å². The second kappa shape index (κ2) is 6.02. The number of hydrogen-bond acceptors (Lipinski definition) is 4. The fraction of sp³-hybridized carbons (Fsp3) is 0.533. The van der Waals surface area contributed by atoms with Crippen LogP contribution in [0.3, 0.4) is 0 Å². The van der Waals surface area contributed by atoms with Crippen LogP contribution in [0.5, 0.6) is 5.75 Å². The van der Waals surface area contributed by atoms with E-state index in [4.69, 9.17) is 21.1 Å². The van der Waals surface area contributed by atoms with Crippen LogP contribution in [0.1, 0.15) is 0 Å². The number of aliphatic carboxylic acids is 1. The van der Waals surface area contributed by atoms with Gasteiger partial charge in [0.1, 0.15) is 23.6 Å². The minimum absolute atomic E-state index is 0.0233. The molecule has 3 rings (SSSR count). The first-order valence-electron chi connectivity index (χ1n) is 7.12. The van der Waals surface area contributed by atoms with Gasteiger partial charge in [-0.15, -0.1) is 0 Å². The molecule has 2 atom stereocenters. The van der Waals surface area contributed by atoms with E-state index in [9.17, 15) is 14.3 Å². The highest BCUT2D eigenvalue weighted by Crippen LogP contribution is 2.41. The molecule has 5 nitrogen and oxygen atoms in total. The molecule has 0 amide bonds. The molecule has 2 aliphatic heterocycles. The number of carbonyl (C=O) groups is 1. The van der Waals surface area contributed by atoms with Gasteiger partial charge in [-0.05, 0) is 12.1 Å². The first kappa shape index (κ1) is 15.5. The Balaban J connectivity index is 1.53. The maximum Gasteiger partial charge on any atom is 0.313 e. The molecule has 2 heterocycles. The van der Waals surface area contributed by atoms with E-state index in [0.29, 0.717) is 38.6 Å². The number of halogens is 2. The van der Waals surface area contributed by atoms with E-state index < -0.39 is 17.2 Å². The molecule has 7 heteroatoms. The van der Waals surface area contributed by atoms with Crippen molar-refractivity contribution in [3.05, 3.63) is 29.0 Å². The van der Waals surface area contributed by atoms with Crippen molar-refractivity contribution < 1.29 is 23.8 Å². The van der Waals surface area contributed by atoms with E-state index >= 15 is 0 Å². The monoisotopic (exact) mass is 329 g/mol. The molecule has 120 valence electrons. The molecule has 0 bridgehead atoms. The van der Waals surface area contributed by atoms with Crippen LogP contribution in [-0.4, -0.2) is 55.4 Å². The summed E-state index contributed by atoms with van der Waals surface area (Å²) >= 11 is 5.69. The fourth-order valence-corrected chi connectivity index (χ4v) is 3.34. The molecule has 1 aromatic carbocycles. The Labute approximate surface area is 132 Å². The lowest BCUT2D eigenvalue weighted by Crippen LogP contribution is -2.39. The molecule has 0 unspecified atom stereocenters. The Kier molecular flexibility index (Phi) is 4.25. The summed E-state index contributed by atoms with van der Waals surface area (Å²) in [6.07, 6.45) is 0. The van der Waals surface area contributed by atoms with Crippen LogP contribution < -0.4 is 4.74 Å². The third-order valence-corrected chi connectivity index (χ3v) is 4.73. The van der Waals surface area contributed by atoms with Gasteiger partial charge < -0.3 is 14.6 Å². The number of benzene rings is 1. The zero-order valence-corrected chi connectivity index (χ0v) is 12.7. The average molecular weight is 330 g/mol. The van der Waals surface area contributed by atoms with Crippen molar-refractivity contribution in [2.45, 2.75) is 0 Å². The van der Waals surface area contributed by atoms with Gasteiger partial charge in [-0.2, -0.15) is 0 Å². The van der Waals surface area contributed by atoms with Gasteiger partial charge in [0.2, 0.25) is 0 Å². The Morgan fingerprint density at radius 1 is 1.59 bits per heavy atom. The van der Waals surface area contributed by atoms with Crippen molar-refractivity contribution in [1.82, 2.24) is 4.90 Å². The number of ether oxygens (including phenoxy) is 2. The van der Waals surface area contributed by atoms with Crippen LogP contribution in [0.25, 0.3) is 0 Å². The number of hydrogen-bond donors (Lipinski definition) is 1. The number of carboxylic acids is 1. The minimum Gasteiger partial charge on any atom is -0.492 e. The summed E-state index contributed by atoms with van der Waals surface area (Å²) in [5.41, 5.74) is -0.779. The van der Waals surface area contributed by atoms with E-state index in [0.717, 1.165) is 0 Å². The van der Waals surface area contributed by atoms with Crippen LogP contribution in [0.4, 0.5) is 4.39 Å². The maximum atomic E-state index is 13.1. The first-order valence-corrected chi connectivity index (χ1v) is 7.50. The number of fused-ring (bicyclic) bond motifs is 1. The SMILES string of the molecule is O=C(O)[C@]12COC[C@H]1CN(CCOc1ccc(F)c(Cl)c1)C2. The van der Waals surface area contributed by atoms with Crippen LogP contribution in [0.2, 0.25) is 5.02 Å². The fourth-order valence-electron chi connectivity index (χ4n) is 3.17. The molecular weight excluding hydrogens is 313 g/mol. The minimum atomic E-state index is -0.788. The highest BCUT2D eigenvalue weighted by molar-refractivity contribution is 6.30. The summed E-state index contributed by atoms with van der Waals surface area (Å²) in [6.45, 7) is 2.95. The lowest BCUT2D eigenvalue weighted by molar-refractivity contribution is -0.149. The molecule has 2 saturated heterocycles. The molecule has 1 aromatic rings. The van der Waals surface area contributed by atoms with Crippen molar-refractivity contribution >= 4 is 17.6 Å². The molecule has 0 aliphatic carbocycles. The van der Waals surface area contributed by atoms with Gasteiger partial charge >= 0.3 is 5.97 Å². The van der Waals surface area contributed by atoms with E-state index in [2.05, 4.69) is 4.90 Å². The Bertz CT molecular complexity index is 585. The predicted octanol–water partition coefficient (Wildman–Crippen LogP) is 1.89. The van der Waals surface area contributed by atoms with Crippen molar-refractivity contribution in [1.29, 1.82) is 0 Å². The summed E-state index contributed by atoms with van der Waals surface area (Å²) in [5.74, 6) is -0.735. The Morgan fingerprint density at radius 3 is 3.09 bits per heavy atom. The molecule has 0 aromatic heterocycles. The summed E-state index contributed by atoms with van der Waals surface area (Å²) in [6, 6.07) is 4.21. The normalized spacial score (nSPS) is 27.8. The van der Waals surface area contributed by atoms with Gasteiger partial charge in [0.15, 0.2) is 0 Å². The van der Waals surface area contributed by atoms with Crippen molar-refractivity contribution in [2.24, 2.45) is 11.3 Å². The van der Waals surface area contributed by atoms with Crippen molar-refractivity contribution in [3.63, 3.8) is 0 Å². The molecular formula is C15H17ClFNO4. The first-order chi connectivity index (χ1) is 10.5. The largest absolute Gasteiger partial charge is 0.492 e. The van der Waals surface area contributed by atoms with Gasteiger partial charge in [-0.25, -0.2) is 4.39 Å². The van der Waals surface area contributed by atoms with Crippen LogP contribution >= 0.6 is 11.6 Å². The van der Waals surface area contributed by atoms with E-state index in [1.165, 1.54) is 18.2 Å². The van der Waals surface area contributed by atoms with Gasteiger partial charge in [0.05, 0.1) is 18.2 Å². The van der Waals surface area contributed by atoms with Crippen LogP contribution in [0.15, 0.2) is 18.2 Å². The van der Waals surface area contributed by atoms with Crippen LogP contribution in [-0.2, 0) is 9.53 Å². The third kappa shape index (κ3) is 2.78. The third-order valence-electron chi connectivity index (χ3n) is 4.44. The second-order valence-electron chi connectivity index (χ2n) is 5.83. The summed E-state index contributed by atoms with van der Waals surface area (Å²) in [4.78, 5) is 13.6. The van der Waals surface area contributed by atoms with Gasteiger partial charge in [0, 0.05) is 31.6 Å². The number of likely N-dealkylation sites (tertiary alicyclic amines) is 1. The number of nitrogens with zero attached hydrogens (tertiary/aromatic N) is 1.